The highest BCUT2D eigenvalue weighted by atomic mass is 16.5. The summed E-state index contributed by atoms with van der Waals surface area (Å²) < 4.78 is 0. The van der Waals surface area contributed by atoms with Gasteiger partial charge in [-0.1, -0.05) is 0 Å². The van der Waals surface area contributed by atoms with Crippen molar-refractivity contribution >= 4 is 5.97 Å². The number of hydrogen-bond donors (Lipinski definition) is 2. The third-order valence-electron chi connectivity index (χ3n) is 1.39. The molecular weight excluding hydrogens is 160 g/mol. The molecule has 0 bridgehead atoms. The van der Waals surface area contributed by atoms with Gasteiger partial charge in [-0.3, -0.25) is 4.79 Å². The third kappa shape index (κ3) is 7.46. The lowest BCUT2D eigenvalue weighted by atomic mass is 10.4. The van der Waals surface area contributed by atoms with E-state index in [1.807, 2.05) is 19.0 Å². The first kappa shape index (κ1) is 11.4. The highest BCUT2D eigenvalue weighted by Gasteiger charge is 2.03. The lowest BCUT2D eigenvalue weighted by Gasteiger charge is -2.16. The van der Waals surface area contributed by atoms with Crippen molar-refractivity contribution in [3.63, 3.8) is 0 Å². The number of carboxylic acids is 1. The van der Waals surface area contributed by atoms with Crippen LogP contribution in [-0.2, 0) is 4.79 Å². The summed E-state index contributed by atoms with van der Waals surface area (Å²) in [5.74, 6) is -0.890. The molecule has 0 aromatic rings. The fraction of sp³-hybridized carbons (Fsp3) is 0.857. The molecule has 0 radical (unpaired) electrons. The molecule has 0 aromatic carbocycles. The monoisotopic (exact) mass is 176 g/mol. The van der Waals surface area contributed by atoms with Crippen LogP contribution in [0.4, 0.5) is 0 Å². The zero-order chi connectivity index (χ0) is 9.56. The molecule has 0 saturated heterocycles. The summed E-state index contributed by atoms with van der Waals surface area (Å²) in [7, 11) is 3.79. The van der Waals surface area contributed by atoms with Crippen molar-refractivity contribution in [3.8, 4) is 0 Å². The number of hydrogen-bond acceptors (Lipinski definition) is 4. The van der Waals surface area contributed by atoms with E-state index < -0.39 is 5.97 Å². The smallest absolute Gasteiger partial charge is 0.304 e. The van der Waals surface area contributed by atoms with Crippen molar-refractivity contribution in [2.75, 3.05) is 33.7 Å². The molecular formula is C7H16N2O3. The van der Waals surface area contributed by atoms with E-state index in [0.717, 1.165) is 11.6 Å². The van der Waals surface area contributed by atoms with Crippen LogP contribution in [0.2, 0.25) is 0 Å². The van der Waals surface area contributed by atoms with Crippen LogP contribution in [0.15, 0.2) is 0 Å². The summed E-state index contributed by atoms with van der Waals surface area (Å²) in [6.45, 7) is 1.37. The molecule has 0 aromatic heterocycles. The van der Waals surface area contributed by atoms with Gasteiger partial charge in [0.2, 0.25) is 0 Å². The molecule has 0 spiro atoms. The number of nitrogens with zero attached hydrogens (tertiary/aromatic N) is 2. The predicted molar refractivity (Wildman–Crippen MR) is 44.2 cm³/mol. The Bertz CT molecular complexity index is 139. The molecule has 0 atom stereocenters. The Morgan fingerprint density at radius 3 is 2.25 bits per heavy atom. The van der Waals surface area contributed by atoms with Gasteiger partial charge < -0.3 is 15.2 Å². The van der Waals surface area contributed by atoms with E-state index in [1.54, 1.807) is 0 Å². The van der Waals surface area contributed by atoms with Crippen molar-refractivity contribution in [1.29, 1.82) is 0 Å². The topological polar surface area (TPSA) is 64.0 Å². The van der Waals surface area contributed by atoms with Gasteiger partial charge in [-0.2, -0.15) is 5.06 Å². The molecule has 0 amide bonds. The van der Waals surface area contributed by atoms with E-state index in [4.69, 9.17) is 10.3 Å². The summed E-state index contributed by atoms with van der Waals surface area (Å²) in [5.41, 5.74) is 0. The maximum Gasteiger partial charge on any atom is 0.304 e. The van der Waals surface area contributed by atoms with Gasteiger partial charge in [-0.05, 0) is 14.1 Å². The number of carbonyl (C=O) groups is 1. The molecule has 0 saturated carbocycles. The Kier molecular flexibility index (Phi) is 5.61. The van der Waals surface area contributed by atoms with Crippen LogP contribution in [0, 0.1) is 0 Å². The average Bonchev–Trinajstić information content (AvgIpc) is 1.96. The Morgan fingerprint density at radius 1 is 1.25 bits per heavy atom. The Hall–Kier alpha value is -0.650. The fourth-order valence-electron chi connectivity index (χ4n) is 0.652. The second-order valence-corrected chi connectivity index (χ2v) is 2.90. The summed E-state index contributed by atoms with van der Waals surface area (Å²) in [6, 6.07) is 0. The van der Waals surface area contributed by atoms with E-state index in [1.165, 1.54) is 0 Å². The van der Waals surface area contributed by atoms with Gasteiger partial charge in [0, 0.05) is 19.6 Å². The molecule has 0 unspecified atom stereocenters. The largest absolute Gasteiger partial charge is 0.481 e. The normalized spacial score (nSPS) is 11.1. The number of rotatable bonds is 6. The van der Waals surface area contributed by atoms with Gasteiger partial charge in [-0.25, -0.2) is 0 Å². The molecule has 0 rings (SSSR count). The minimum absolute atomic E-state index is 0.0239. The van der Waals surface area contributed by atoms with Crippen LogP contribution in [0.25, 0.3) is 0 Å². The van der Waals surface area contributed by atoms with E-state index in [0.29, 0.717) is 6.54 Å². The minimum atomic E-state index is -0.890. The quantitative estimate of drug-likeness (QED) is 0.545. The van der Waals surface area contributed by atoms with Gasteiger partial charge >= 0.3 is 5.97 Å². The number of likely N-dealkylation sites (N-methyl/N-ethyl adjacent to an activating group) is 1. The van der Waals surface area contributed by atoms with E-state index in [2.05, 4.69) is 0 Å². The molecule has 0 fully saturated rings. The molecule has 2 N–H and O–H groups in total. The SMILES string of the molecule is CN(C)CCN(O)CCC(=O)O. The first-order chi connectivity index (χ1) is 5.52. The van der Waals surface area contributed by atoms with Crippen LogP contribution in [-0.4, -0.2) is 60.0 Å². The van der Waals surface area contributed by atoms with Gasteiger partial charge in [0.05, 0.1) is 6.42 Å². The van der Waals surface area contributed by atoms with Crippen molar-refractivity contribution in [2.24, 2.45) is 0 Å². The van der Waals surface area contributed by atoms with Crippen molar-refractivity contribution in [2.45, 2.75) is 6.42 Å². The summed E-state index contributed by atoms with van der Waals surface area (Å²) in [6.07, 6.45) is -0.0239. The molecule has 12 heavy (non-hydrogen) atoms. The molecule has 5 nitrogen and oxygen atoms in total. The van der Waals surface area contributed by atoms with Gasteiger partial charge in [0.1, 0.15) is 0 Å². The van der Waals surface area contributed by atoms with Gasteiger partial charge in [0.15, 0.2) is 0 Å². The van der Waals surface area contributed by atoms with Gasteiger partial charge in [0.25, 0.3) is 0 Å². The number of carboxylic acid groups (broad SMARTS) is 1. The predicted octanol–water partition coefficient (Wildman–Crippen LogP) is -0.286. The van der Waals surface area contributed by atoms with E-state index in [-0.39, 0.29) is 13.0 Å². The zero-order valence-electron chi connectivity index (χ0n) is 7.53. The fourth-order valence-corrected chi connectivity index (χ4v) is 0.652. The van der Waals surface area contributed by atoms with Crippen molar-refractivity contribution in [1.82, 2.24) is 9.96 Å². The lowest BCUT2D eigenvalue weighted by Crippen LogP contribution is -2.30. The standard InChI is InChI=1S/C7H16N2O3/c1-8(2)5-6-9(12)4-3-7(10)11/h12H,3-6H2,1-2H3,(H,10,11). The molecule has 0 aliphatic carbocycles. The highest BCUT2D eigenvalue weighted by molar-refractivity contribution is 5.66. The van der Waals surface area contributed by atoms with Crippen LogP contribution < -0.4 is 0 Å². The summed E-state index contributed by atoms with van der Waals surface area (Å²) in [4.78, 5) is 12.0. The first-order valence-electron chi connectivity index (χ1n) is 3.82. The maximum atomic E-state index is 10.1. The van der Waals surface area contributed by atoms with Crippen LogP contribution >= 0.6 is 0 Å². The number of hydroxylamine groups is 2. The Labute approximate surface area is 72.2 Å². The number of aliphatic carboxylic acids is 1. The Morgan fingerprint density at radius 2 is 1.83 bits per heavy atom. The Balaban J connectivity index is 3.33. The molecule has 0 heterocycles. The zero-order valence-corrected chi connectivity index (χ0v) is 7.53. The first-order valence-corrected chi connectivity index (χ1v) is 3.82. The minimum Gasteiger partial charge on any atom is -0.481 e. The van der Waals surface area contributed by atoms with Crippen molar-refractivity contribution < 1.29 is 15.1 Å². The highest BCUT2D eigenvalue weighted by Crippen LogP contribution is 1.87. The third-order valence-corrected chi connectivity index (χ3v) is 1.39. The van der Waals surface area contributed by atoms with Gasteiger partial charge in [-0.15, -0.1) is 0 Å². The van der Waals surface area contributed by atoms with Crippen molar-refractivity contribution in [3.05, 3.63) is 0 Å². The molecule has 72 valence electrons. The maximum absolute atomic E-state index is 10.1. The summed E-state index contributed by atoms with van der Waals surface area (Å²) >= 11 is 0. The molecule has 0 aliphatic rings. The average molecular weight is 176 g/mol. The summed E-state index contributed by atoms with van der Waals surface area (Å²) in [5, 5.41) is 18.4. The second kappa shape index (κ2) is 5.93. The van der Waals surface area contributed by atoms with E-state index in [9.17, 15) is 4.79 Å². The van der Waals surface area contributed by atoms with Crippen LogP contribution in [0.1, 0.15) is 6.42 Å². The second-order valence-electron chi connectivity index (χ2n) is 2.90. The van der Waals surface area contributed by atoms with Crippen LogP contribution in [0.5, 0.6) is 0 Å². The van der Waals surface area contributed by atoms with Crippen LogP contribution in [0.3, 0.4) is 0 Å². The van der Waals surface area contributed by atoms with E-state index >= 15 is 0 Å². The molecule has 5 heteroatoms. The lowest BCUT2D eigenvalue weighted by molar-refractivity contribution is -0.142. The molecule has 0 aliphatic heterocycles.